The number of nitrogens with one attached hydrogen (secondary N) is 1. The van der Waals surface area contributed by atoms with E-state index >= 15 is 0 Å². The Labute approximate surface area is 128 Å². The lowest BCUT2D eigenvalue weighted by Crippen LogP contribution is -2.08. The van der Waals surface area contributed by atoms with Gasteiger partial charge in [0.1, 0.15) is 11.5 Å². The molecule has 2 aromatic rings. The fourth-order valence-electron chi connectivity index (χ4n) is 1.85. The minimum atomic E-state index is -4.89. The van der Waals surface area contributed by atoms with Gasteiger partial charge in [-0.2, -0.15) is 13.2 Å². The van der Waals surface area contributed by atoms with Crippen molar-refractivity contribution in [3.63, 3.8) is 0 Å². The first kappa shape index (κ1) is 17.3. The molecule has 1 atom stereocenters. The van der Waals surface area contributed by atoms with E-state index in [0.29, 0.717) is 24.3 Å². The van der Waals surface area contributed by atoms with E-state index in [1.54, 1.807) is 4.72 Å². The van der Waals surface area contributed by atoms with Crippen LogP contribution in [0, 0.1) is 17.5 Å². The number of hydrogen-bond donors (Lipinski definition) is 2. The van der Waals surface area contributed by atoms with E-state index in [0.717, 1.165) is 6.07 Å². The summed E-state index contributed by atoms with van der Waals surface area (Å²) >= 11 is -2.72. The zero-order valence-electron chi connectivity index (χ0n) is 10.9. The minimum Gasteiger partial charge on any atom is -0.289 e. The highest BCUT2D eigenvalue weighted by Crippen LogP contribution is 2.34. The molecule has 0 heterocycles. The molecule has 23 heavy (non-hydrogen) atoms. The Morgan fingerprint density at radius 1 is 0.913 bits per heavy atom. The van der Waals surface area contributed by atoms with Gasteiger partial charge in [-0.15, -0.1) is 0 Å². The predicted molar refractivity (Wildman–Crippen MR) is 71.1 cm³/mol. The summed E-state index contributed by atoms with van der Waals surface area (Å²) in [5, 5.41) is 0. The van der Waals surface area contributed by atoms with Crippen molar-refractivity contribution in [1.82, 2.24) is 0 Å². The molecule has 0 aliphatic heterocycles. The second-order valence-corrected chi connectivity index (χ2v) is 5.06. The summed E-state index contributed by atoms with van der Waals surface area (Å²) in [5.74, 6) is -4.11. The van der Waals surface area contributed by atoms with Crippen LogP contribution in [0.3, 0.4) is 0 Å². The third kappa shape index (κ3) is 3.82. The number of halogens is 6. The maximum atomic E-state index is 13.7. The number of rotatable bonds is 3. The van der Waals surface area contributed by atoms with Crippen LogP contribution in [-0.2, 0) is 17.4 Å². The molecule has 2 aromatic carbocycles. The molecule has 0 saturated carbocycles. The van der Waals surface area contributed by atoms with Crippen molar-refractivity contribution in [1.29, 1.82) is 0 Å². The molecular weight excluding hydrogens is 348 g/mol. The van der Waals surface area contributed by atoms with Gasteiger partial charge >= 0.3 is 6.18 Å². The largest absolute Gasteiger partial charge is 0.419 e. The molecule has 0 radical (unpaired) electrons. The first-order chi connectivity index (χ1) is 10.6. The summed E-state index contributed by atoms with van der Waals surface area (Å²) in [4.78, 5) is 0. The quantitative estimate of drug-likeness (QED) is 0.636. The zero-order chi connectivity index (χ0) is 17.4. The van der Waals surface area contributed by atoms with Crippen molar-refractivity contribution in [2.45, 2.75) is 6.18 Å². The van der Waals surface area contributed by atoms with Crippen LogP contribution in [0.4, 0.5) is 32.0 Å². The van der Waals surface area contributed by atoms with Gasteiger partial charge in [-0.25, -0.2) is 17.4 Å². The van der Waals surface area contributed by atoms with Gasteiger partial charge in [0.25, 0.3) is 11.3 Å². The van der Waals surface area contributed by atoms with E-state index in [1.165, 1.54) is 0 Å². The molecule has 10 heteroatoms. The lowest BCUT2D eigenvalue weighted by molar-refractivity contribution is -0.139. The van der Waals surface area contributed by atoms with Gasteiger partial charge in [0.05, 0.1) is 5.56 Å². The van der Waals surface area contributed by atoms with Crippen molar-refractivity contribution < 1.29 is 35.1 Å². The average Bonchev–Trinajstić information content (AvgIpc) is 2.40. The van der Waals surface area contributed by atoms with Gasteiger partial charge in [0.15, 0.2) is 11.6 Å². The predicted octanol–water partition coefficient (Wildman–Crippen LogP) is 4.34. The van der Waals surface area contributed by atoms with Crippen LogP contribution in [0.15, 0.2) is 30.3 Å². The summed E-state index contributed by atoms with van der Waals surface area (Å²) in [6.45, 7) is 0. The summed E-state index contributed by atoms with van der Waals surface area (Å²) in [6, 6.07) is 3.20. The SMILES string of the molecule is O=S(O)Nc1c(F)cc(-c2ccc(C(F)(F)F)c(F)c2)cc1F. The number of anilines is 1. The molecule has 2 rings (SSSR count). The Morgan fingerprint density at radius 3 is 1.87 bits per heavy atom. The van der Waals surface area contributed by atoms with E-state index in [-0.39, 0.29) is 11.1 Å². The van der Waals surface area contributed by atoms with Gasteiger partial charge < -0.3 is 0 Å². The van der Waals surface area contributed by atoms with E-state index in [1.807, 2.05) is 0 Å². The van der Waals surface area contributed by atoms with Gasteiger partial charge in [0, 0.05) is 0 Å². The van der Waals surface area contributed by atoms with Gasteiger partial charge in [-0.1, -0.05) is 6.07 Å². The maximum absolute atomic E-state index is 13.7. The molecule has 3 nitrogen and oxygen atoms in total. The number of alkyl halides is 3. The van der Waals surface area contributed by atoms with E-state index < -0.39 is 46.1 Å². The Kier molecular flexibility index (Phi) is 4.66. The van der Waals surface area contributed by atoms with Crippen LogP contribution in [0.5, 0.6) is 0 Å². The number of benzene rings is 2. The first-order valence-electron chi connectivity index (χ1n) is 5.83. The molecule has 0 aliphatic rings. The van der Waals surface area contributed by atoms with Crippen LogP contribution < -0.4 is 4.72 Å². The third-order valence-corrected chi connectivity index (χ3v) is 3.22. The average molecular weight is 355 g/mol. The van der Waals surface area contributed by atoms with Crippen molar-refractivity contribution >= 4 is 17.0 Å². The molecule has 124 valence electrons. The Hall–Kier alpha value is -2.07. The monoisotopic (exact) mass is 355 g/mol. The van der Waals surface area contributed by atoms with Crippen LogP contribution in [0.25, 0.3) is 11.1 Å². The smallest absolute Gasteiger partial charge is 0.289 e. The van der Waals surface area contributed by atoms with Crippen molar-refractivity contribution in [3.8, 4) is 11.1 Å². The van der Waals surface area contributed by atoms with E-state index in [4.69, 9.17) is 4.55 Å². The normalized spacial score (nSPS) is 13.0. The van der Waals surface area contributed by atoms with Gasteiger partial charge in [0.2, 0.25) is 0 Å². The van der Waals surface area contributed by atoms with E-state index in [2.05, 4.69) is 0 Å². The van der Waals surface area contributed by atoms with Crippen molar-refractivity contribution in [2.75, 3.05) is 4.72 Å². The van der Waals surface area contributed by atoms with Crippen LogP contribution in [0.1, 0.15) is 5.56 Å². The third-order valence-electron chi connectivity index (χ3n) is 2.84. The number of hydrogen-bond acceptors (Lipinski definition) is 1. The molecular formula is C13H7F6NO2S. The second kappa shape index (κ2) is 6.20. The van der Waals surface area contributed by atoms with Gasteiger partial charge in [-0.05, 0) is 35.4 Å². The van der Waals surface area contributed by atoms with Crippen LogP contribution in [0.2, 0.25) is 0 Å². The van der Waals surface area contributed by atoms with E-state index in [9.17, 15) is 30.6 Å². The Morgan fingerprint density at radius 2 is 1.43 bits per heavy atom. The molecule has 0 amide bonds. The molecule has 0 bridgehead atoms. The molecule has 0 aromatic heterocycles. The standard InChI is InChI=1S/C13H7F6NO2S/c14-9-3-6(1-2-8(9)13(17,18)19)7-4-10(15)12(11(16)5-7)20-23(21)22/h1-5,20H,(H,21,22). The molecule has 0 saturated heterocycles. The topological polar surface area (TPSA) is 49.3 Å². The highest BCUT2D eigenvalue weighted by atomic mass is 32.2. The molecule has 1 unspecified atom stereocenters. The fourth-order valence-corrected chi connectivity index (χ4v) is 2.22. The lowest BCUT2D eigenvalue weighted by Gasteiger charge is -2.11. The van der Waals surface area contributed by atoms with Crippen LogP contribution in [-0.4, -0.2) is 8.76 Å². The summed E-state index contributed by atoms with van der Waals surface area (Å²) in [7, 11) is 0. The first-order valence-corrected chi connectivity index (χ1v) is 6.94. The maximum Gasteiger partial charge on any atom is 0.419 e. The van der Waals surface area contributed by atoms with Crippen molar-refractivity contribution in [3.05, 3.63) is 53.3 Å². The zero-order valence-corrected chi connectivity index (χ0v) is 11.7. The minimum absolute atomic E-state index is 0.190. The molecule has 0 aliphatic carbocycles. The summed E-state index contributed by atoms with van der Waals surface area (Å²) < 4.78 is 99.0. The highest BCUT2D eigenvalue weighted by molar-refractivity contribution is 7.80. The lowest BCUT2D eigenvalue weighted by atomic mass is 10.0. The molecule has 2 N–H and O–H groups in total. The highest BCUT2D eigenvalue weighted by Gasteiger charge is 2.34. The second-order valence-electron chi connectivity index (χ2n) is 4.36. The Bertz CT molecular complexity index is 755. The summed E-state index contributed by atoms with van der Waals surface area (Å²) in [5.41, 5.74) is -2.81. The molecule has 0 spiro atoms. The fraction of sp³-hybridized carbons (Fsp3) is 0.0769. The molecule has 0 fully saturated rings. The Balaban J connectivity index is 2.47. The van der Waals surface area contributed by atoms with Gasteiger partial charge in [-0.3, -0.25) is 9.27 Å². The van der Waals surface area contributed by atoms with Crippen molar-refractivity contribution in [2.24, 2.45) is 0 Å². The van der Waals surface area contributed by atoms with Crippen LogP contribution >= 0.6 is 0 Å². The summed E-state index contributed by atoms with van der Waals surface area (Å²) in [6.07, 6.45) is -4.89.